The normalized spacial score (nSPS) is 18.2. The first kappa shape index (κ1) is 18.2. The van der Waals surface area contributed by atoms with Crippen LogP contribution in [-0.4, -0.2) is 34.6 Å². The Morgan fingerprint density at radius 3 is 2.38 bits per heavy atom. The number of nitrogens with one attached hydrogen (secondary N) is 1. The molecule has 2 rings (SSSR count). The highest BCUT2D eigenvalue weighted by molar-refractivity contribution is 5.67. The number of amides is 1. The van der Waals surface area contributed by atoms with Crippen molar-refractivity contribution in [3.63, 3.8) is 0 Å². The number of aliphatic hydroxyl groups is 2. The third kappa shape index (κ3) is 4.47. The molecule has 130 valence electrons. The molecule has 0 spiro atoms. The predicted molar refractivity (Wildman–Crippen MR) is 88.2 cm³/mol. The van der Waals surface area contributed by atoms with Crippen LogP contribution in [-0.2, 0) is 10.2 Å². The number of ether oxygens (including phenoxy) is 1. The number of alkyl carbamates (subject to hydrolysis) is 1. The number of rotatable bonds is 5. The summed E-state index contributed by atoms with van der Waals surface area (Å²) in [6, 6.07) is 9.34. The second-order valence-electron chi connectivity index (χ2n) is 7.21. The Hall–Kier alpha value is -2.10. The molecule has 1 amide bonds. The Bertz CT molecular complexity index is 624. The van der Waals surface area contributed by atoms with E-state index in [-0.39, 0.29) is 12.0 Å². The van der Waals surface area contributed by atoms with Crippen LogP contribution in [0.5, 0.6) is 0 Å². The van der Waals surface area contributed by atoms with Gasteiger partial charge in [0.05, 0.1) is 11.5 Å². The van der Waals surface area contributed by atoms with Gasteiger partial charge in [0.15, 0.2) is 0 Å². The summed E-state index contributed by atoms with van der Waals surface area (Å²) in [6.45, 7) is 5.10. The molecule has 3 N–H and O–H groups in total. The van der Waals surface area contributed by atoms with Crippen molar-refractivity contribution < 1.29 is 19.7 Å². The van der Waals surface area contributed by atoms with Crippen molar-refractivity contribution in [3.05, 3.63) is 35.4 Å². The molecule has 1 aromatic carbocycles. The molecule has 0 radical (unpaired) electrons. The Kier molecular flexibility index (Phi) is 5.16. The summed E-state index contributed by atoms with van der Waals surface area (Å²) in [7, 11) is 0. The van der Waals surface area contributed by atoms with Crippen LogP contribution in [0.15, 0.2) is 24.3 Å². The zero-order valence-corrected chi connectivity index (χ0v) is 14.2. The van der Waals surface area contributed by atoms with Crippen molar-refractivity contribution in [2.24, 2.45) is 0 Å². The fourth-order valence-electron chi connectivity index (χ4n) is 2.43. The average molecular weight is 332 g/mol. The molecule has 0 saturated heterocycles. The fourth-order valence-corrected chi connectivity index (χ4v) is 2.43. The molecule has 1 fully saturated rings. The number of benzene rings is 1. The van der Waals surface area contributed by atoms with Crippen molar-refractivity contribution in [2.75, 3.05) is 6.54 Å². The summed E-state index contributed by atoms with van der Waals surface area (Å²) >= 11 is 0. The van der Waals surface area contributed by atoms with Crippen LogP contribution in [0.2, 0.25) is 0 Å². The lowest BCUT2D eigenvalue weighted by atomic mass is 9.94. The number of aliphatic hydroxyl groups excluding tert-OH is 2. The molecule has 0 bridgehead atoms. The van der Waals surface area contributed by atoms with Gasteiger partial charge in [-0.3, -0.25) is 0 Å². The molecule has 0 heterocycles. The summed E-state index contributed by atoms with van der Waals surface area (Å²) in [4.78, 5) is 11.6. The van der Waals surface area contributed by atoms with Crippen LogP contribution in [0.25, 0.3) is 0 Å². The largest absolute Gasteiger partial charge is 0.444 e. The van der Waals surface area contributed by atoms with Crippen molar-refractivity contribution in [1.29, 1.82) is 5.26 Å². The highest BCUT2D eigenvalue weighted by Gasteiger charge is 2.44. The summed E-state index contributed by atoms with van der Waals surface area (Å²) in [5.41, 5.74) is 0.469. The van der Waals surface area contributed by atoms with E-state index in [1.165, 1.54) is 0 Å². The topological polar surface area (TPSA) is 103 Å². The van der Waals surface area contributed by atoms with E-state index < -0.39 is 23.9 Å². The van der Waals surface area contributed by atoms with Crippen LogP contribution < -0.4 is 5.32 Å². The minimum Gasteiger partial charge on any atom is -0.444 e. The zero-order chi connectivity index (χ0) is 18.0. The highest BCUT2D eigenvalue weighted by atomic mass is 16.6. The van der Waals surface area contributed by atoms with Gasteiger partial charge in [0.2, 0.25) is 0 Å². The molecular weight excluding hydrogens is 308 g/mol. The third-order valence-electron chi connectivity index (χ3n) is 3.99. The van der Waals surface area contributed by atoms with Crippen molar-refractivity contribution >= 4 is 6.09 Å². The number of hydrogen-bond donors (Lipinski definition) is 3. The van der Waals surface area contributed by atoms with Crippen molar-refractivity contribution in [3.8, 4) is 6.07 Å². The third-order valence-corrected chi connectivity index (χ3v) is 3.99. The van der Waals surface area contributed by atoms with Gasteiger partial charge >= 0.3 is 6.09 Å². The first-order valence-electron chi connectivity index (χ1n) is 8.01. The maximum atomic E-state index is 11.6. The molecule has 1 saturated carbocycles. The van der Waals surface area contributed by atoms with Gasteiger partial charge in [-0.1, -0.05) is 24.3 Å². The molecule has 24 heavy (non-hydrogen) atoms. The van der Waals surface area contributed by atoms with Crippen LogP contribution in [0.3, 0.4) is 0 Å². The van der Waals surface area contributed by atoms with Gasteiger partial charge in [-0.15, -0.1) is 0 Å². The molecule has 1 aliphatic carbocycles. The zero-order valence-electron chi connectivity index (χ0n) is 14.2. The lowest BCUT2D eigenvalue weighted by Gasteiger charge is -2.22. The lowest BCUT2D eigenvalue weighted by Crippen LogP contribution is -2.38. The van der Waals surface area contributed by atoms with Gasteiger partial charge in [-0.25, -0.2) is 4.79 Å². The number of carbonyl (C=O) groups excluding carboxylic acids is 1. The molecule has 1 aliphatic rings. The maximum Gasteiger partial charge on any atom is 0.407 e. The Morgan fingerprint density at radius 1 is 1.33 bits per heavy atom. The van der Waals surface area contributed by atoms with E-state index in [0.717, 1.165) is 18.4 Å². The Balaban J connectivity index is 1.90. The SMILES string of the molecule is CC(C)(C)OC(=O)NCC(O)C(O)c1ccc(C2(C#N)CC2)cc1. The van der Waals surface area contributed by atoms with Crippen molar-refractivity contribution in [1.82, 2.24) is 5.32 Å². The van der Waals surface area contributed by atoms with Gasteiger partial charge in [0, 0.05) is 6.54 Å². The fraction of sp³-hybridized carbons (Fsp3) is 0.556. The van der Waals surface area contributed by atoms with E-state index in [4.69, 9.17) is 4.74 Å². The molecule has 6 heteroatoms. The summed E-state index contributed by atoms with van der Waals surface area (Å²) in [5.74, 6) is 0. The standard InChI is InChI=1S/C18H24N2O4/c1-17(2,3)24-16(23)20-10-14(21)15(22)12-4-6-13(7-5-12)18(11-19)8-9-18/h4-7,14-15,21-22H,8-10H2,1-3H3,(H,20,23). The number of carbonyl (C=O) groups is 1. The molecular formula is C18H24N2O4. The van der Waals surface area contributed by atoms with Gasteiger partial charge in [0.1, 0.15) is 17.8 Å². The van der Waals surface area contributed by atoms with E-state index in [2.05, 4.69) is 11.4 Å². The first-order valence-corrected chi connectivity index (χ1v) is 8.01. The number of hydrogen-bond acceptors (Lipinski definition) is 5. The maximum absolute atomic E-state index is 11.6. The highest BCUT2D eigenvalue weighted by Crippen LogP contribution is 2.47. The average Bonchev–Trinajstić information content (AvgIpc) is 3.31. The molecule has 1 aromatic rings. The van der Waals surface area contributed by atoms with Crippen LogP contribution >= 0.6 is 0 Å². The van der Waals surface area contributed by atoms with Crippen LogP contribution in [0, 0.1) is 11.3 Å². The lowest BCUT2D eigenvalue weighted by molar-refractivity contribution is 0.0129. The minimum absolute atomic E-state index is 0.125. The first-order chi connectivity index (χ1) is 11.2. The second kappa shape index (κ2) is 6.80. The summed E-state index contributed by atoms with van der Waals surface area (Å²) < 4.78 is 5.07. The molecule has 6 nitrogen and oxygen atoms in total. The van der Waals surface area contributed by atoms with Gasteiger partial charge in [-0.2, -0.15) is 5.26 Å². The number of nitriles is 1. The van der Waals surface area contributed by atoms with E-state index in [0.29, 0.717) is 5.56 Å². The van der Waals surface area contributed by atoms with E-state index in [1.807, 2.05) is 12.1 Å². The molecule has 0 aromatic heterocycles. The second-order valence-corrected chi connectivity index (χ2v) is 7.21. The summed E-state index contributed by atoms with van der Waals surface area (Å²) in [5, 5.41) is 31.8. The molecule has 0 aliphatic heterocycles. The molecule has 2 unspecified atom stereocenters. The van der Waals surface area contributed by atoms with Gasteiger partial charge < -0.3 is 20.3 Å². The van der Waals surface area contributed by atoms with Gasteiger partial charge in [0.25, 0.3) is 0 Å². The predicted octanol–water partition coefficient (Wildman–Crippen LogP) is 2.16. The smallest absolute Gasteiger partial charge is 0.407 e. The quantitative estimate of drug-likeness (QED) is 0.767. The number of nitrogens with zero attached hydrogens (tertiary/aromatic N) is 1. The summed E-state index contributed by atoms with van der Waals surface area (Å²) in [6.07, 6.45) is -1.23. The van der Waals surface area contributed by atoms with E-state index in [1.54, 1.807) is 32.9 Å². The van der Waals surface area contributed by atoms with E-state index in [9.17, 15) is 20.3 Å². The van der Waals surface area contributed by atoms with Gasteiger partial charge in [-0.05, 0) is 44.7 Å². The van der Waals surface area contributed by atoms with Crippen molar-refractivity contribution in [2.45, 2.75) is 56.8 Å². The Morgan fingerprint density at radius 2 is 1.92 bits per heavy atom. The monoisotopic (exact) mass is 332 g/mol. The van der Waals surface area contributed by atoms with Crippen LogP contribution in [0.4, 0.5) is 4.79 Å². The van der Waals surface area contributed by atoms with E-state index >= 15 is 0 Å². The molecule has 2 atom stereocenters. The van der Waals surface area contributed by atoms with Crippen LogP contribution in [0.1, 0.15) is 50.8 Å². The minimum atomic E-state index is -1.16. The Labute approximate surface area is 142 Å².